The fraction of sp³-hybridized carbons (Fsp3) is 0.241. The molecule has 3 aromatic carbocycles. The van der Waals surface area contributed by atoms with Crippen molar-refractivity contribution in [3.05, 3.63) is 83.4 Å². The third-order valence-electron chi connectivity index (χ3n) is 6.23. The molecule has 0 fully saturated rings. The molecular weight excluding hydrogens is 456 g/mol. The second-order valence-corrected chi connectivity index (χ2v) is 8.71. The molecule has 0 bridgehead atoms. The van der Waals surface area contributed by atoms with Gasteiger partial charge in [0.2, 0.25) is 6.79 Å². The molecule has 0 N–H and O–H groups in total. The van der Waals surface area contributed by atoms with Gasteiger partial charge in [-0.05, 0) is 55.0 Å². The Morgan fingerprint density at radius 3 is 2.67 bits per heavy atom. The average Bonchev–Trinajstić information content (AvgIpc) is 3.38. The quantitative estimate of drug-likeness (QED) is 0.341. The first kappa shape index (κ1) is 23.6. The van der Waals surface area contributed by atoms with Crippen molar-refractivity contribution in [3.63, 3.8) is 0 Å². The standard InChI is InChI=1S/C29H28N2O5/c1-19-5-4-6-21(13-19)28-23(14-20-7-9-24(34-3)16-25(20)30-28)17-31(11-12-33-2)29(32)22-8-10-26-27(15-22)36-18-35-26/h4-10,13-16H,11-12,17-18H2,1-3H3. The van der Waals surface area contributed by atoms with Gasteiger partial charge >= 0.3 is 0 Å². The number of hydrogen-bond donors (Lipinski definition) is 0. The molecule has 184 valence electrons. The van der Waals surface area contributed by atoms with Crippen LogP contribution in [0.5, 0.6) is 17.2 Å². The molecule has 1 aromatic heterocycles. The summed E-state index contributed by atoms with van der Waals surface area (Å²) in [5.74, 6) is 1.85. The van der Waals surface area contributed by atoms with Gasteiger partial charge < -0.3 is 23.8 Å². The van der Waals surface area contributed by atoms with Crippen LogP contribution in [0.2, 0.25) is 0 Å². The highest BCUT2D eigenvalue weighted by Gasteiger charge is 2.22. The number of nitrogens with zero attached hydrogens (tertiary/aromatic N) is 2. The van der Waals surface area contributed by atoms with E-state index >= 15 is 0 Å². The molecule has 7 heteroatoms. The van der Waals surface area contributed by atoms with Crippen molar-refractivity contribution in [1.82, 2.24) is 9.88 Å². The topological polar surface area (TPSA) is 70.1 Å². The van der Waals surface area contributed by atoms with Crippen molar-refractivity contribution in [1.29, 1.82) is 0 Å². The van der Waals surface area contributed by atoms with Crippen LogP contribution in [0.3, 0.4) is 0 Å². The molecule has 1 amide bonds. The van der Waals surface area contributed by atoms with E-state index in [1.807, 2.05) is 30.3 Å². The summed E-state index contributed by atoms with van der Waals surface area (Å²) in [6.07, 6.45) is 0. The van der Waals surface area contributed by atoms with Gasteiger partial charge in [0.05, 0.1) is 24.9 Å². The van der Waals surface area contributed by atoms with Gasteiger partial charge in [0.25, 0.3) is 5.91 Å². The van der Waals surface area contributed by atoms with Gasteiger partial charge in [0.1, 0.15) is 5.75 Å². The Kier molecular flexibility index (Phi) is 6.73. The molecule has 5 rings (SSSR count). The van der Waals surface area contributed by atoms with Crippen molar-refractivity contribution in [3.8, 4) is 28.5 Å². The molecule has 2 heterocycles. The van der Waals surface area contributed by atoms with E-state index in [4.69, 9.17) is 23.9 Å². The van der Waals surface area contributed by atoms with Gasteiger partial charge in [-0.1, -0.05) is 23.8 Å². The van der Waals surface area contributed by atoms with E-state index in [2.05, 4.69) is 25.1 Å². The number of ether oxygens (including phenoxy) is 4. The number of aryl methyl sites for hydroxylation is 1. The normalized spacial score (nSPS) is 12.1. The highest BCUT2D eigenvalue weighted by molar-refractivity contribution is 5.95. The fourth-order valence-electron chi connectivity index (χ4n) is 4.35. The number of methoxy groups -OCH3 is 2. The van der Waals surface area contributed by atoms with Crippen molar-refractivity contribution in [2.45, 2.75) is 13.5 Å². The Morgan fingerprint density at radius 2 is 1.86 bits per heavy atom. The zero-order valence-electron chi connectivity index (χ0n) is 20.6. The van der Waals surface area contributed by atoms with Crippen molar-refractivity contribution in [2.24, 2.45) is 0 Å². The maximum Gasteiger partial charge on any atom is 0.254 e. The summed E-state index contributed by atoms with van der Waals surface area (Å²) >= 11 is 0. The lowest BCUT2D eigenvalue weighted by molar-refractivity contribution is 0.0680. The molecule has 36 heavy (non-hydrogen) atoms. The van der Waals surface area contributed by atoms with E-state index in [0.717, 1.165) is 39.0 Å². The van der Waals surface area contributed by atoms with E-state index in [9.17, 15) is 4.79 Å². The van der Waals surface area contributed by atoms with E-state index in [1.54, 1.807) is 37.3 Å². The van der Waals surface area contributed by atoms with Crippen LogP contribution in [-0.2, 0) is 11.3 Å². The summed E-state index contributed by atoms with van der Waals surface area (Å²) < 4.78 is 21.6. The third-order valence-corrected chi connectivity index (χ3v) is 6.23. The largest absolute Gasteiger partial charge is 0.497 e. The van der Waals surface area contributed by atoms with Crippen LogP contribution in [-0.4, -0.2) is 50.0 Å². The second-order valence-electron chi connectivity index (χ2n) is 8.71. The number of benzene rings is 3. The molecule has 1 aliphatic heterocycles. The summed E-state index contributed by atoms with van der Waals surface area (Å²) in [6.45, 7) is 3.43. The molecule has 0 radical (unpaired) electrons. The molecule has 4 aromatic rings. The second kappa shape index (κ2) is 10.3. The zero-order chi connectivity index (χ0) is 25.1. The Bertz CT molecular complexity index is 1420. The average molecular weight is 485 g/mol. The number of pyridine rings is 1. The summed E-state index contributed by atoms with van der Waals surface area (Å²) in [5, 5.41) is 0.976. The van der Waals surface area contributed by atoms with Crippen LogP contribution in [0, 0.1) is 6.92 Å². The minimum absolute atomic E-state index is 0.115. The van der Waals surface area contributed by atoms with E-state index < -0.39 is 0 Å². The first-order valence-electron chi connectivity index (χ1n) is 11.8. The predicted octanol–water partition coefficient (Wildman–Crippen LogP) is 5.24. The van der Waals surface area contributed by atoms with Gasteiger partial charge in [-0.15, -0.1) is 0 Å². The smallest absolute Gasteiger partial charge is 0.254 e. The van der Waals surface area contributed by atoms with Crippen LogP contribution in [0.25, 0.3) is 22.2 Å². The maximum atomic E-state index is 13.6. The van der Waals surface area contributed by atoms with Gasteiger partial charge in [0.15, 0.2) is 11.5 Å². The van der Waals surface area contributed by atoms with E-state index in [-0.39, 0.29) is 12.7 Å². The minimum atomic E-state index is -0.115. The summed E-state index contributed by atoms with van der Waals surface area (Å²) in [4.78, 5) is 20.4. The van der Waals surface area contributed by atoms with Crippen molar-refractivity contribution < 1.29 is 23.7 Å². The SMILES string of the molecule is COCCN(Cc1cc2ccc(OC)cc2nc1-c1cccc(C)c1)C(=O)c1ccc2c(c1)OCO2. The van der Waals surface area contributed by atoms with E-state index in [0.29, 0.717) is 36.8 Å². The molecule has 0 atom stereocenters. The van der Waals surface area contributed by atoms with Crippen molar-refractivity contribution >= 4 is 16.8 Å². The summed E-state index contributed by atoms with van der Waals surface area (Å²) in [6, 6.07) is 21.4. The highest BCUT2D eigenvalue weighted by atomic mass is 16.7. The lowest BCUT2D eigenvalue weighted by Crippen LogP contribution is -2.33. The number of fused-ring (bicyclic) bond motifs is 2. The van der Waals surface area contributed by atoms with Crippen molar-refractivity contribution in [2.75, 3.05) is 34.2 Å². The van der Waals surface area contributed by atoms with E-state index in [1.165, 1.54) is 0 Å². The zero-order valence-corrected chi connectivity index (χ0v) is 20.6. The Morgan fingerprint density at radius 1 is 1.00 bits per heavy atom. The monoisotopic (exact) mass is 484 g/mol. The lowest BCUT2D eigenvalue weighted by atomic mass is 10.0. The number of rotatable bonds is 8. The van der Waals surface area contributed by atoms with Crippen LogP contribution in [0.1, 0.15) is 21.5 Å². The molecule has 0 saturated heterocycles. The van der Waals surface area contributed by atoms with Gasteiger partial charge in [-0.2, -0.15) is 0 Å². The van der Waals surface area contributed by atoms with Gasteiger partial charge in [-0.25, -0.2) is 4.98 Å². The van der Waals surface area contributed by atoms with Crippen LogP contribution >= 0.6 is 0 Å². The Balaban J connectivity index is 1.56. The first-order chi connectivity index (χ1) is 17.6. The van der Waals surface area contributed by atoms with Gasteiger partial charge in [-0.3, -0.25) is 4.79 Å². The molecule has 0 saturated carbocycles. The molecule has 7 nitrogen and oxygen atoms in total. The summed E-state index contributed by atoms with van der Waals surface area (Å²) in [7, 11) is 3.28. The number of amides is 1. The highest BCUT2D eigenvalue weighted by Crippen LogP contribution is 2.34. The Hall–Kier alpha value is -4.10. The Labute approximate surface area is 210 Å². The molecular formula is C29H28N2O5. The number of aromatic nitrogens is 1. The van der Waals surface area contributed by atoms with Crippen LogP contribution < -0.4 is 14.2 Å². The van der Waals surface area contributed by atoms with Crippen LogP contribution in [0.15, 0.2) is 66.7 Å². The molecule has 0 unspecified atom stereocenters. The molecule has 0 aliphatic carbocycles. The van der Waals surface area contributed by atoms with Gasteiger partial charge in [0, 0.05) is 42.8 Å². The maximum absolute atomic E-state index is 13.6. The molecule has 1 aliphatic rings. The number of hydrogen-bond acceptors (Lipinski definition) is 6. The fourth-order valence-corrected chi connectivity index (χ4v) is 4.35. The molecule has 0 spiro atoms. The lowest BCUT2D eigenvalue weighted by Gasteiger charge is -2.24. The van der Waals surface area contributed by atoms with Crippen LogP contribution in [0.4, 0.5) is 0 Å². The third kappa shape index (κ3) is 4.83. The number of carbonyl (C=O) groups is 1. The minimum Gasteiger partial charge on any atom is -0.497 e. The summed E-state index contributed by atoms with van der Waals surface area (Å²) in [5.41, 5.74) is 5.28. The number of carbonyl (C=O) groups excluding carboxylic acids is 1. The first-order valence-corrected chi connectivity index (χ1v) is 11.8. The predicted molar refractivity (Wildman–Crippen MR) is 138 cm³/mol.